The Labute approximate surface area is 119 Å². The quantitative estimate of drug-likeness (QED) is 0.847. The molecule has 0 saturated carbocycles. The van der Waals surface area contributed by atoms with Gasteiger partial charge in [0.15, 0.2) is 0 Å². The van der Waals surface area contributed by atoms with Gasteiger partial charge in [0.05, 0.1) is 29.6 Å². The predicted octanol–water partition coefficient (Wildman–Crippen LogP) is 1.50. The van der Waals surface area contributed by atoms with Crippen molar-refractivity contribution >= 4 is 10.0 Å². The lowest BCUT2D eigenvalue weighted by Crippen LogP contribution is -2.48. The molecule has 5 nitrogen and oxygen atoms in total. The molecule has 1 aliphatic heterocycles. The van der Waals surface area contributed by atoms with Gasteiger partial charge in [-0.15, -0.1) is 0 Å². The third-order valence-corrected chi connectivity index (χ3v) is 4.99. The maximum atomic E-state index is 12.4. The van der Waals surface area contributed by atoms with E-state index in [1.165, 1.54) is 4.31 Å². The summed E-state index contributed by atoms with van der Waals surface area (Å²) in [6.07, 6.45) is -0.177. The molecule has 1 saturated heterocycles. The zero-order valence-electron chi connectivity index (χ0n) is 11.6. The van der Waals surface area contributed by atoms with Gasteiger partial charge in [0.1, 0.15) is 0 Å². The van der Waals surface area contributed by atoms with Crippen molar-refractivity contribution in [1.82, 2.24) is 4.31 Å². The highest BCUT2D eigenvalue weighted by atomic mass is 32.2. The molecule has 1 fully saturated rings. The summed E-state index contributed by atoms with van der Waals surface area (Å²) >= 11 is 0. The van der Waals surface area contributed by atoms with E-state index in [9.17, 15) is 8.42 Å². The first-order valence-electron chi connectivity index (χ1n) is 6.53. The van der Waals surface area contributed by atoms with E-state index < -0.39 is 10.0 Å². The van der Waals surface area contributed by atoms with Crippen molar-refractivity contribution in [1.29, 1.82) is 5.26 Å². The molecular weight excluding hydrogens is 276 g/mol. The molecule has 1 aromatic carbocycles. The van der Waals surface area contributed by atoms with Gasteiger partial charge in [0.2, 0.25) is 10.0 Å². The van der Waals surface area contributed by atoms with Gasteiger partial charge < -0.3 is 4.74 Å². The summed E-state index contributed by atoms with van der Waals surface area (Å²) in [7, 11) is -3.35. The van der Waals surface area contributed by atoms with Crippen LogP contribution >= 0.6 is 0 Å². The Bertz CT molecular complexity index is 594. The number of sulfonamides is 1. The van der Waals surface area contributed by atoms with Crippen LogP contribution in [0.1, 0.15) is 25.0 Å². The van der Waals surface area contributed by atoms with Crippen molar-refractivity contribution in [2.75, 3.05) is 13.1 Å². The minimum atomic E-state index is -3.35. The fourth-order valence-electron chi connectivity index (χ4n) is 2.34. The number of morpholine rings is 1. The highest BCUT2D eigenvalue weighted by Crippen LogP contribution is 2.18. The standard InChI is InChI=1S/C14H18N2O3S/c1-11-8-16(9-12(2)19-11)20(17,18)10-14-5-3-13(7-15)4-6-14/h3-6,11-12H,8-10H2,1-2H3. The van der Waals surface area contributed by atoms with Gasteiger partial charge in [-0.2, -0.15) is 9.57 Å². The van der Waals surface area contributed by atoms with E-state index in [-0.39, 0.29) is 18.0 Å². The van der Waals surface area contributed by atoms with Crippen LogP contribution in [0.3, 0.4) is 0 Å². The van der Waals surface area contributed by atoms with Crippen molar-refractivity contribution in [2.45, 2.75) is 31.8 Å². The van der Waals surface area contributed by atoms with Crippen LogP contribution in [0.25, 0.3) is 0 Å². The van der Waals surface area contributed by atoms with Gasteiger partial charge in [-0.3, -0.25) is 0 Å². The molecule has 0 spiro atoms. The molecule has 0 amide bonds. The molecule has 2 unspecified atom stereocenters. The van der Waals surface area contributed by atoms with Crippen molar-refractivity contribution in [2.24, 2.45) is 0 Å². The lowest BCUT2D eigenvalue weighted by molar-refractivity contribution is -0.0441. The molecule has 0 radical (unpaired) electrons. The number of hydrogen-bond acceptors (Lipinski definition) is 4. The second-order valence-electron chi connectivity index (χ2n) is 5.14. The van der Waals surface area contributed by atoms with E-state index in [2.05, 4.69) is 0 Å². The number of nitriles is 1. The molecule has 0 bridgehead atoms. The van der Waals surface area contributed by atoms with Crippen LogP contribution in [0.5, 0.6) is 0 Å². The van der Waals surface area contributed by atoms with E-state index in [1.807, 2.05) is 19.9 Å². The Morgan fingerprint density at radius 3 is 2.30 bits per heavy atom. The molecule has 1 heterocycles. The van der Waals surface area contributed by atoms with Crippen molar-refractivity contribution in [3.05, 3.63) is 35.4 Å². The summed E-state index contributed by atoms with van der Waals surface area (Å²) in [5.41, 5.74) is 1.22. The fraction of sp³-hybridized carbons (Fsp3) is 0.500. The lowest BCUT2D eigenvalue weighted by Gasteiger charge is -2.34. The predicted molar refractivity (Wildman–Crippen MR) is 75.4 cm³/mol. The molecule has 2 atom stereocenters. The number of ether oxygens (including phenoxy) is 1. The first-order chi connectivity index (χ1) is 9.40. The third kappa shape index (κ3) is 3.57. The summed E-state index contributed by atoms with van der Waals surface area (Å²) in [4.78, 5) is 0. The molecule has 0 aliphatic carbocycles. The smallest absolute Gasteiger partial charge is 0.218 e. The fourth-order valence-corrected chi connectivity index (χ4v) is 4.01. The first-order valence-corrected chi connectivity index (χ1v) is 8.14. The molecule has 0 N–H and O–H groups in total. The van der Waals surface area contributed by atoms with E-state index in [1.54, 1.807) is 24.3 Å². The van der Waals surface area contributed by atoms with Crippen LogP contribution < -0.4 is 0 Å². The molecule has 20 heavy (non-hydrogen) atoms. The first kappa shape index (κ1) is 15.0. The topological polar surface area (TPSA) is 70.4 Å². The van der Waals surface area contributed by atoms with E-state index >= 15 is 0 Å². The maximum Gasteiger partial charge on any atom is 0.218 e. The maximum absolute atomic E-state index is 12.4. The van der Waals surface area contributed by atoms with Crippen LogP contribution in [0.4, 0.5) is 0 Å². The SMILES string of the molecule is CC1CN(S(=O)(=O)Cc2ccc(C#N)cc2)CC(C)O1. The summed E-state index contributed by atoms with van der Waals surface area (Å²) in [6, 6.07) is 8.65. The number of rotatable bonds is 3. The molecule has 0 aromatic heterocycles. The third-order valence-electron chi connectivity index (χ3n) is 3.21. The number of nitrogens with zero attached hydrogens (tertiary/aromatic N) is 2. The molecule has 6 heteroatoms. The van der Waals surface area contributed by atoms with Crippen LogP contribution in [-0.2, 0) is 20.5 Å². The summed E-state index contributed by atoms with van der Waals surface area (Å²) in [5, 5.41) is 8.73. The molecule has 1 aromatic rings. The van der Waals surface area contributed by atoms with E-state index in [0.717, 1.165) is 0 Å². The van der Waals surface area contributed by atoms with Crippen molar-refractivity contribution < 1.29 is 13.2 Å². The summed E-state index contributed by atoms with van der Waals surface area (Å²) in [5.74, 6) is -0.0435. The summed E-state index contributed by atoms with van der Waals surface area (Å²) < 4.78 is 31.9. The normalized spacial score (nSPS) is 24.2. The number of benzene rings is 1. The Balaban J connectivity index is 2.12. The zero-order chi connectivity index (χ0) is 14.8. The van der Waals surface area contributed by atoms with Crippen LogP contribution in [-0.4, -0.2) is 38.0 Å². The highest BCUT2D eigenvalue weighted by molar-refractivity contribution is 7.88. The minimum absolute atomic E-state index is 0.0435. The Hall–Kier alpha value is -1.42. The van der Waals surface area contributed by atoms with Crippen LogP contribution in [0.15, 0.2) is 24.3 Å². The van der Waals surface area contributed by atoms with Gasteiger partial charge in [0.25, 0.3) is 0 Å². The minimum Gasteiger partial charge on any atom is -0.373 e. The van der Waals surface area contributed by atoms with E-state index in [0.29, 0.717) is 24.2 Å². The average molecular weight is 294 g/mol. The Kier molecular flexibility index (Phi) is 4.43. The molecule has 1 aliphatic rings. The average Bonchev–Trinajstić information content (AvgIpc) is 2.38. The summed E-state index contributed by atoms with van der Waals surface area (Å²) in [6.45, 7) is 4.53. The van der Waals surface area contributed by atoms with Gasteiger partial charge >= 0.3 is 0 Å². The van der Waals surface area contributed by atoms with Crippen molar-refractivity contribution in [3.8, 4) is 6.07 Å². The Morgan fingerprint density at radius 1 is 1.25 bits per heavy atom. The largest absolute Gasteiger partial charge is 0.373 e. The monoisotopic (exact) mass is 294 g/mol. The Morgan fingerprint density at radius 2 is 1.80 bits per heavy atom. The van der Waals surface area contributed by atoms with Gasteiger partial charge in [-0.25, -0.2) is 8.42 Å². The molecule has 2 rings (SSSR count). The van der Waals surface area contributed by atoms with Crippen LogP contribution in [0.2, 0.25) is 0 Å². The lowest BCUT2D eigenvalue weighted by atomic mass is 10.2. The van der Waals surface area contributed by atoms with Gasteiger partial charge in [-0.1, -0.05) is 12.1 Å². The second-order valence-corrected chi connectivity index (χ2v) is 7.11. The zero-order valence-corrected chi connectivity index (χ0v) is 12.4. The van der Waals surface area contributed by atoms with Crippen LogP contribution in [0, 0.1) is 11.3 Å². The molecule has 108 valence electrons. The number of hydrogen-bond donors (Lipinski definition) is 0. The van der Waals surface area contributed by atoms with E-state index in [4.69, 9.17) is 10.00 Å². The van der Waals surface area contributed by atoms with Crippen molar-refractivity contribution in [3.63, 3.8) is 0 Å². The van der Waals surface area contributed by atoms with Gasteiger partial charge in [-0.05, 0) is 31.5 Å². The van der Waals surface area contributed by atoms with Gasteiger partial charge in [0, 0.05) is 13.1 Å². The second kappa shape index (κ2) is 5.92. The highest BCUT2D eigenvalue weighted by Gasteiger charge is 2.30. The molecular formula is C14H18N2O3S.